The molecule has 1 amide bonds. The third-order valence-corrected chi connectivity index (χ3v) is 7.02. The first-order valence-corrected chi connectivity index (χ1v) is 12.1. The number of amides is 1. The quantitative estimate of drug-likeness (QED) is 0.350. The maximum Gasteiger partial charge on any atom is 0.338 e. The lowest BCUT2D eigenvalue weighted by atomic mass is 10.2. The fraction of sp³-hybridized carbons (Fsp3) is 0.125. The molecule has 0 saturated heterocycles. The van der Waals surface area contributed by atoms with Crippen LogP contribution in [0.15, 0.2) is 65.0 Å². The molecule has 0 atom stereocenters. The number of rotatable bonds is 6. The molecule has 8 nitrogen and oxygen atoms in total. The number of pyridine rings is 1. The number of ether oxygens (including phenoxy) is 1. The zero-order valence-corrected chi connectivity index (χ0v) is 19.6. The van der Waals surface area contributed by atoms with Crippen molar-refractivity contribution < 1.29 is 14.3 Å². The van der Waals surface area contributed by atoms with Gasteiger partial charge in [0, 0.05) is 11.1 Å². The van der Waals surface area contributed by atoms with E-state index < -0.39 is 11.9 Å². The molecule has 0 aliphatic heterocycles. The van der Waals surface area contributed by atoms with Crippen LogP contribution >= 0.6 is 22.7 Å². The van der Waals surface area contributed by atoms with E-state index in [9.17, 15) is 14.4 Å². The smallest absolute Gasteiger partial charge is 0.338 e. The second-order valence-corrected chi connectivity index (χ2v) is 9.28. The van der Waals surface area contributed by atoms with Crippen LogP contribution in [-0.4, -0.2) is 33.0 Å². The Morgan fingerprint density at radius 2 is 2.03 bits per heavy atom. The van der Waals surface area contributed by atoms with Crippen LogP contribution in [0.2, 0.25) is 0 Å². The van der Waals surface area contributed by atoms with E-state index in [0.29, 0.717) is 21.5 Å². The average Bonchev–Trinajstić information content (AvgIpc) is 3.49. The summed E-state index contributed by atoms with van der Waals surface area (Å²) in [5.74, 6) is -0.881. The van der Waals surface area contributed by atoms with Crippen LogP contribution < -0.4 is 10.9 Å². The van der Waals surface area contributed by atoms with Gasteiger partial charge >= 0.3 is 5.97 Å². The topological polar surface area (TPSA) is 103 Å². The maximum absolute atomic E-state index is 13.1. The Bertz CT molecular complexity index is 1590. The van der Waals surface area contributed by atoms with Crippen molar-refractivity contribution in [3.63, 3.8) is 0 Å². The number of benzene rings is 1. The second-order valence-electron chi connectivity index (χ2n) is 7.33. The molecule has 0 unspecified atom stereocenters. The Hall–Kier alpha value is -3.89. The Kier molecular flexibility index (Phi) is 5.91. The minimum atomic E-state index is -0.468. The van der Waals surface area contributed by atoms with E-state index in [4.69, 9.17) is 9.72 Å². The van der Waals surface area contributed by atoms with Gasteiger partial charge in [0.1, 0.15) is 16.1 Å². The Morgan fingerprint density at radius 1 is 1.15 bits per heavy atom. The van der Waals surface area contributed by atoms with Gasteiger partial charge in [-0.3, -0.25) is 14.2 Å². The number of hydrogen-bond acceptors (Lipinski definition) is 8. The summed E-state index contributed by atoms with van der Waals surface area (Å²) in [5, 5.41) is 5.51. The van der Waals surface area contributed by atoms with Crippen molar-refractivity contribution in [1.29, 1.82) is 0 Å². The number of thiophene rings is 2. The van der Waals surface area contributed by atoms with Crippen LogP contribution in [0.4, 0.5) is 5.69 Å². The van der Waals surface area contributed by atoms with E-state index in [1.807, 2.05) is 29.6 Å². The first-order valence-electron chi connectivity index (χ1n) is 10.4. The molecule has 1 aromatic carbocycles. The summed E-state index contributed by atoms with van der Waals surface area (Å²) in [6.07, 6.45) is 1.37. The van der Waals surface area contributed by atoms with Crippen molar-refractivity contribution >= 4 is 60.7 Å². The number of carbonyl (C=O) groups is 2. The fourth-order valence-electron chi connectivity index (χ4n) is 3.52. The highest BCUT2D eigenvalue weighted by Gasteiger charge is 2.16. The van der Waals surface area contributed by atoms with Gasteiger partial charge in [-0.25, -0.2) is 14.8 Å². The summed E-state index contributed by atoms with van der Waals surface area (Å²) in [4.78, 5) is 48.5. The minimum absolute atomic E-state index is 0.215. The molecule has 170 valence electrons. The van der Waals surface area contributed by atoms with Crippen molar-refractivity contribution in [2.45, 2.75) is 13.5 Å². The molecule has 5 rings (SSSR count). The molecule has 1 N–H and O–H groups in total. The van der Waals surface area contributed by atoms with Gasteiger partial charge in [0.2, 0.25) is 5.91 Å². The molecule has 4 heterocycles. The van der Waals surface area contributed by atoms with Gasteiger partial charge in [-0.05, 0) is 48.7 Å². The van der Waals surface area contributed by atoms with Gasteiger partial charge < -0.3 is 10.1 Å². The minimum Gasteiger partial charge on any atom is -0.462 e. The predicted molar refractivity (Wildman–Crippen MR) is 134 cm³/mol. The lowest BCUT2D eigenvalue weighted by Crippen LogP contribution is -2.27. The molecule has 34 heavy (non-hydrogen) atoms. The third-order valence-electron chi connectivity index (χ3n) is 5.06. The molecule has 0 aliphatic rings. The molecule has 5 aromatic rings. The summed E-state index contributed by atoms with van der Waals surface area (Å²) >= 11 is 2.87. The van der Waals surface area contributed by atoms with E-state index in [1.165, 1.54) is 28.3 Å². The van der Waals surface area contributed by atoms with Crippen LogP contribution in [0.25, 0.3) is 31.0 Å². The van der Waals surface area contributed by atoms with Gasteiger partial charge in [0.05, 0.1) is 34.6 Å². The molecular formula is C24H18N4O4S2. The van der Waals surface area contributed by atoms with Crippen LogP contribution in [0.5, 0.6) is 0 Å². The molecule has 0 saturated carbocycles. The van der Waals surface area contributed by atoms with Crippen LogP contribution in [0.3, 0.4) is 0 Å². The highest BCUT2D eigenvalue weighted by atomic mass is 32.1. The fourth-order valence-corrected chi connectivity index (χ4v) is 5.29. The highest BCUT2D eigenvalue weighted by molar-refractivity contribution is 7.25. The van der Waals surface area contributed by atoms with Gasteiger partial charge in [-0.1, -0.05) is 12.1 Å². The zero-order chi connectivity index (χ0) is 23.7. The molecule has 0 fully saturated rings. The van der Waals surface area contributed by atoms with E-state index in [2.05, 4.69) is 10.3 Å². The number of nitrogens with zero attached hydrogens (tertiary/aromatic N) is 3. The molecule has 0 radical (unpaired) electrons. The summed E-state index contributed by atoms with van der Waals surface area (Å²) in [6, 6.07) is 14.3. The average molecular weight is 491 g/mol. The SMILES string of the molecule is CCOC(=O)c1cccc(NC(=O)Cn2cnc3c(sc4nc(-c5cccs5)ccc43)c2=O)c1. The predicted octanol–water partition coefficient (Wildman–Crippen LogP) is 4.55. The lowest BCUT2D eigenvalue weighted by Gasteiger charge is -2.08. The number of anilines is 1. The molecule has 0 bridgehead atoms. The first kappa shape index (κ1) is 21.9. The van der Waals surface area contributed by atoms with Gasteiger partial charge in [-0.15, -0.1) is 22.7 Å². The maximum atomic E-state index is 13.1. The van der Waals surface area contributed by atoms with Gasteiger partial charge in [-0.2, -0.15) is 0 Å². The number of fused-ring (bicyclic) bond motifs is 3. The van der Waals surface area contributed by atoms with E-state index in [-0.39, 0.29) is 18.7 Å². The lowest BCUT2D eigenvalue weighted by molar-refractivity contribution is -0.116. The summed E-state index contributed by atoms with van der Waals surface area (Å²) in [5.41, 5.74) is 1.89. The largest absolute Gasteiger partial charge is 0.462 e. The van der Waals surface area contributed by atoms with Crippen molar-refractivity contribution in [2.24, 2.45) is 0 Å². The molecule has 10 heteroatoms. The second kappa shape index (κ2) is 9.16. The molecule has 0 spiro atoms. The van der Waals surface area contributed by atoms with Gasteiger partial charge in [0.15, 0.2) is 0 Å². The van der Waals surface area contributed by atoms with Gasteiger partial charge in [0.25, 0.3) is 5.56 Å². The number of hydrogen-bond donors (Lipinski definition) is 1. The summed E-state index contributed by atoms with van der Waals surface area (Å²) in [6.45, 7) is 1.77. The third kappa shape index (κ3) is 4.20. The monoisotopic (exact) mass is 490 g/mol. The number of aromatic nitrogens is 3. The Balaban J connectivity index is 1.40. The Morgan fingerprint density at radius 3 is 2.82 bits per heavy atom. The van der Waals surface area contributed by atoms with E-state index in [1.54, 1.807) is 36.5 Å². The standard InChI is InChI=1S/C24H18N4O4S2/c1-2-32-24(31)14-5-3-6-15(11-14)26-19(29)12-28-13-25-20-16-8-9-17(18-7-4-10-33-18)27-22(16)34-21(20)23(28)30/h3-11,13H,2,12H2,1H3,(H,26,29). The number of esters is 1. The van der Waals surface area contributed by atoms with Crippen LogP contribution in [-0.2, 0) is 16.1 Å². The van der Waals surface area contributed by atoms with Crippen molar-refractivity contribution in [3.05, 3.63) is 76.2 Å². The van der Waals surface area contributed by atoms with E-state index >= 15 is 0 Å². The van der Waals surface area contributed by atoms with Crippen LogP contribution in [0, 0.1) is 0 Å². The highest BCUT2D eigenvalue weighted by Crippen LogP contribution is 2.32. The van der Waals surface area contributed by atoms with Crippen LogP contribution in [0.1, 0.15) is 17.3 Å². The summed E-state index contributed by atoms with van der Waals surface area (Å²) < 4.78 is 6.70. The molecular weight excluding hydrogens is 472 g/mol. The van der Waals surface area contributed by atoms with Crippen molar-refractivity contribution in [3.8, 4) is 10.6 Å². The van der Waals surface area contributed by atoms with E-state index in [0.717, 1.165) is 20.8 Å². The zero-order valence-electron chi connectivity index (χ0n) is 18.0. The molecule has 0 aliphatic carbocycles. The summed E-state index contributed by atoms with van der Waals surface area (Å²) in [7, 11) is 0. The van der Waals surface area contributed by atoms with Crippen molar-refractivity contribution in [2.75, 3.05) is 11.9 Å². The van der Waals surface area contributed by atoms with Crippen molar-refractivity contribution in [1.82, 2.24) is 14.5 Å². The Labute approximate surface area is 201 Å². The molecule has 4 aromatic heterocycles. The normalized spacial score (nSPS) is 11.1. The number of nitrogens with one attached hydrogen (secondary N) is 1. The number of carbonyl (C=O) groups excluding carboxylic acids is 2. The first-order chi connectivity index (χ1) is 16.5.